The summed E-state index contributed by atoms with van der Waals surface area (Å²) in [7, 11) is 0. The van der Waals surface area contributed by atoms with Crippen LogP contribution in [0.5, 0.6) is 0 Å². The Morgan fingerprint density at radius 2 is 2.17 bits per heavy atom. The maximum Gasteiger partial charge on any atom is 0.293 e. The van der Waals surface area contributed by atoms with E-state index in [-0.39, 0.29) is 5.91 Å². The number of hydrogen-bond donors (Lipinski definition) is 1. The molecule has 0 bridgehead atoms. The number of nitrogens with zero attached hydrogens (tertiary/aromatic N) is 4. The summed E-state index contributed by atoms with van der Waals surface area (Å²) in [5, 5.41) is 6.70. The summed E-state index contributed by atoms with van der Waals surface area (Å²) < 4.78 is 0. The molecule has 0 spiro atoms. The second-order valence-corrected chi connectivity index (χ2v) is 5.18. The number of aromatic amines is 1. The molecule has 6 heteroatoms. The van der Waals surface area contributed by atoms with E-state index in [4.69, 9.17) is 0 Å². The summed E-state index contributed by atoms with van der Waals surface area (Å²) in [4.78, 5) is 20.9. The lowest BCUT2D eigenvalue weighted by Gasteiger charge is -2.24. The van der Waals surface area contributed by atoms with Crippen molar-refractivity contribution in [3.63, 3.8) is 0 Å². The first-order valence-electron chi connectivity index (χ1n) is 6.66. The molecule has 2 saturated heterocycles. The fourth-order valence-electron chi connectivity index (χ4n) is 2.97. The van der Waals surface area contributed by atoms with Gasteiger partial charge in [0.1, 0.15) is 5.82 Å². The molecule has 6 nitrogen and oxygen atoms in total. The van der Waals surface area contributed by atoms with Gasteiger partial charge < -0.3 is 4.90 Å². The van der Waals surface area contributed by atoms with Crippen molar-refractivity contribution in [3.05, 3.63) is 11.6 Å². The minimum atomic E-state index is -0.0342. The Kier molecular flexibility index (Phi) is 3.03. The third-order valence-electron chi connectivity index (χ3n) is 3.88. The first-order valence-corrected chi connectivity index (χ1v) is 6.66. The third kappa shape index (κ3) is 2.12. The van der Waals surface area contributed by atoms with E-state index >= 15 is 0 Å². The van der Waals surface area contributed by atoms with E-state index in [1.54, 1.807) is 0 Å². The Morgan fingerprint density at radius 3 is 2.94 bits per heavy atom. The number of aryl methyl sites for hydroxylation is 1. The summed E-state index contributed by atoms with van der Waals surface area (Å²) >= 11 is 0. The van der Waals surface area contributed by atoms with Gasteiger partial charge in [-0.05, 0) is 32.7 Å². The van der Waals surface area contributed by atoms with E-state index in [0.29, 0.717) is 17.7 Å². The second kappa shape index (κ2) is 4.68. The number of nitrogens with one attached hydrogen (secondary N) is 1. The molecular formula is C12H19N5O. The number of H-pyrrole nitrogens is 1. The predicted molar refractivity (Wildman–Crippen MR) is 66.2 cm³/mol. The van der Waals surface area contributed by atoms with Gasteiger partial charge in [0.25, 0.3) is 5.91 Å². The minimum Gasteiger partial charge on any atom is -0.334 e. The zero-order valence-corrected chi connectivity index (χ0v) is 10.7. The molecule has 98 valence electrons. The lowest BCUT2D eigenvalue weighted by atomic mass is 10.2. The Balaban J connectivity index is 1.73. The molecule has 1 unspecified atom stereocenters. The van der Waals surface area contributed by atoms with E-state index in [1.165, 1.54) is 19.4 Å². The number of rotatable bonds is 1. The molecule has 1 aromatic rings. The van der Waals surface area contributed by atoms with Crippen LogP contribution in [0.1, 0.15) is 35.7 Å². The molecule has 1 N–H and O–H groups in total. The highest BCUT2D eigenvalue weighted by atomic mass is 16.2. The number of hydrogen-bond acceptors (Lipinski definition) is 4. The highest BCUT2D eigenvalue weighted by Gasteiger charge is 2.31. The van der Waals surface area contributed by atoms with Crippen molar-refractivity contribution in [2.75, 3.05) is 26.2 Å². The molecule has 0 aliphatic carbocycles. The van der Waals surface area contributed by atoms with Gasteiger partial charge in [-0.2, -0.15) is 0 Å². The molecule has 2 aliphatic heterocycles. The smallest absolute Gasteiger partial charge is 0.293 e. The van der Waals surface area contributed by atoms with E-state index in [9.17, 15) is 4.79 Å². The lowest BCUT2D eigenvalue weighted by molar-refractivity contribution is 0.0731. The van der Waals surface area contributed by atoms with Crippen LogP contribution < -0.4 is 0 Å². The average molecular weight is 249 g/mol. The quantitative estimate of drug-likeness (QED) is 0.783. The van der Waals surface area contributed by atoms with E-state index < -0.39 is 0 Å². The van der Waals surface area contributed by atoms with Crippen molar-refractivity contribution >= 4 is 5.91 Å². The van der Waals surface area contributed by atoms with Crippen LogP contribution in [0.4, 0.5) is 0 Å². The van der Waals surface area contributed by atoms with Crippen LogP contribution in [0, 0.1) is 6.92 Å². The first kappa shape index (κ1) is 11.6. The van der Waals surface area contributed by atoms with Crippen LogP contribution in [0.15, 0.2) is 0 Å². The fraction of sp³-hybridized carbons (Fsp3) is 0.750. The number of carbonyl (C=O) groups excluding carboxylic acids is 1. The van der Waals surface area contributed by atoms with Crippen LogP contribution in [-0.4, -0.2) is 63.1 Å². The van der Waals surface area contributed by atoms with Gasteiger partial charge in [-0.25, -0.2) is 4.98 Å². The Labute approximate surface area is 106 Å². The van der Waals surface area contributed by atoms with Crippen molar-refractivity contribution in [3.8, 4) is 0 Å². The standard InChI is InChI=1S/C12H19N5O/c1-9-13-11(15-14-9)12(18)17-7-3-6-16-5-2-4-10(16)8-17/h10H,2-8H2,1H3,(H,13,14,15). The highest BCUT2D eigenvalue weighted by Crippen LogP contribution is 2.21. The average Bonchev–Trinajstić information content (AvgIpc) is 2.93. The van der Waals surface area contributed by atoms with Crippen LogP contribution in [0.2, 0.25) is 0 Å². The minimum absolute atomic E-state index is 0.0342. The summed E-state index contributed by atoms with van der Waals surface area (Å²) in [5.41, 5.74) is 0. The zero-order valence-electron chi connectivity index (χ0n) is 10.7. The first-order chi connectivity index (χ1) is 8.74. The normalized spacial score (nSPS) is 24.9. The molecule has 0 radical (unpaired) electrons. The maximum absolute atomic E-state index is 12.3. The van der Waals surface area contributed by atoms with E-state index in [1.807, 2.05) is 11.8 Å². The van der Waals surface area contributed by atoms with Crippen LogP contribution >= 0.6 is 0 Å². The Morgan fingerprint density at radius 1 is 1.33 bits per heavy atom. The van der Waals surface area contributed by atoms with Gasteiger partial charge in [0.05, 0.1) is 0 Å². The van der Waals surface area contributed by atoms with Crippen LogP contribution in [0.3, 0.4) is 0 Å². The molecule has 1 atom stereocenters. The SMILES string of the molecule is Cc1nc(C(=O)N2CCCN3CCCC3C2)n[nH]1. The number of amides is 1. The van der Waals surface area contributed by atoms with Gasteiger partial charge in [-0.3, -0.25) is 14.8 Å². The van der Waals surface area contributed by atoms with Crippen LogP contribution in [0.25, 0.3) is 0 Å². The molecule has 3 rings (SSSR count). The maximum atomic E-state index is 12.3. The molecule has 18 heavy (non-hydrogen) atoms. The molecule has 3 heterocycles. The number of fused-ring (bicyclic) bond motifs is 1. The number of carbonyl (C=O) groups is 1. The van der Waals surface area contributed by atoms with E-state index in [2.05, 4.69) is 20.1 Å². The van der Waals surface area contributed by atoms with Crippen molar-refractivity contribution in [1.29, 1.82) is 0 Å². The van der Waals surface area contributed by atoms with Gasteiger partial charge >= 0.3 is 0 Å². The molecule has 0 saturated carbocycles. The fourth-order valence-corrected chi connectivity index (χ4v) is 2.97. The lowest BCUT2D eigenvalue weighted by Crippen LogP contribution is -2.40. The highest BCUT2D eigenvalue weighted by molar-refractivity contribution is 5.90. The Hall–Kier alpha value is -1.43. The zero-order chi connectivity index (χ0) is 12.5. The molecule has 1 amide bonds. The topological polar surface area (TPSA) is 65.1 Å². The molecule has 0 aromatic carbocycles. The van der Waals surface area contributed by atoms with E-state index in [0.717, 1.165) is 26.1 Å². The molecule has 2 aliphatic rings. The van der Waals surface area contributed by atoms with Crippen molar-refractivity contribution in [2.45, 2.75) is 32.2 Å². The third-order valence-corrected chi connectivity index (χ3v) is 3.88. The molecule has 2 fully saturated rings. The van der Waals surface area contributed by atoms with Gasteiger partial charge in [-0.15, -0.1) is 5.10 Å². The van der Waals surface area contributed by atoms with Crippen molar-refractivity contribution in [2.24, 2.45) is 0 Å². The monoisotopic (exact) mass is 249 g/mol. The van der Waals surface area contributed by atoms with Crippen molar-refractivity contribution in [1.82, 2.24) is 25.0 Å². The largest absolute Gasteiger partial charge is 0.334 e. The molecule has 1 aromatic heterocycles. The summed E-state index contributed by atoms with van der Waals surface area (Å²) in [6.45, 7) is 5.75. The summed E-state index contributed by atoms with van der Waals surface area (Å²) in [5.74, 6) is 0.961. The van der Waals surface area contributed by atoms with Crippen LogP contribution in [-0.2, 0) is 0 Å². The Bertz CT molecular complexity index is 443. The summed E-state index contributed by atoms with van der Waals surface area (Å²) in [6, 6.07) is 0.538. The van der Waals surface area contributed by atoms with Gasteiger partial charge in [0.15, 0.2) is 0 Å². The number of aromatic nitrogens is 3. The van der Waals surface area contributed by atoms with Gasteiger partial charge in [-0.1, -0.05) is 0 Å². The van der Waals surface area contributed by atoms with Gasteiger partial charge in [0.2, 0.25) is 5.82 Å². The summed E-state index contributed by atoms with van der Waals surface area (Å²) in [6.07, 6.45) is 3.51. The predicted octanol–water partition coefficient (Wildman–Crippen LogP) is 0.423. The second-order valence-electron chi connectivity index (χ2n) is 5.18. The van der Waals surface area contributed by atoms with Crippen molar-refractivity contribution < 1.29 is 4.79 Å². The molecular weight excluding hydrogens is 230 g/mol. The van der Waals surface area contributed by atoms with Gasteiger partial charge in [0, 0.05) is 25.7 Å².